The molecule has 0 saturated carbocycles. The fourth-order valence-electron chi connectivity index (χ4n) is 1.11. The molecule has 14 heavy (non-hydrogen) atoms. The third-order valence-electron chi connectivity index (χ3n) is 3.17. The minimum absolute atomic E-state index is 0.151. The molecule has 0 heterocycles. The lowest BCUT2D eigenvalue weighted by Crippen LogP contribution is -2.40. The highest BCUT2D eigenvalue weighted by Crippen LogP contribution is 2.38. The zero-order chi connectivity index (χ0) is 11.2. The van der Waals surface area contributed by atoms with Crippen LogP contribution in [-0.4, -0.2) is 26.4 Å². The molecular formula is C12H26O2. The summed E-state index contributed by atoms with van der Waals surface area (Å²) in [6.07, 6.45) is 0. The molecule has 0 unspecified atom stereocenters. The van der Waals surface area contributed by atoms with Gasteiger partial charge in [-0.1, -0.05) is 27.7 Å². The van der Waals surface area contributed by atoms with E-state index in [1.807, 2.05) is 13.8 Å². The van der Waals surface area contributed by atoms with E-state index < -0.39 is 0 Å². The molecule has 0 spiro atoms. The van der Waals surface area contributed by atoms with Crippen LogP contribution < -0.4 is 0 Å². The van der Waals surface area contributed by atoms with Gasteiger partial charge in [-0.2, -0.15) is 0 Å². The average molecular weight is 202 g/mol. The maximum Gasteiger partial charge on any atom is 0.0522 e. The highest BCUT2D eigenvalue weighted by Gasteiger charge is 2.37. The van der Waals surface area contributed by atoms with E-state index in [2.05, 4.69) is 27.7 Å². The molecular weight excluding hydrogens is 176 g/mol. The number of hydrogen-bond acceptors (Lipinski definition) is 2. The molecule has 0 amide bonds. The van der Waals surface area contributed by atoms with Crippen molar-refractivity contribution in [3.05, 3.63) is 0 Å². The van der Waals surface area contributed by atoms with Gasteiger partial charge in [-0.15, -0.1) is 0 Å². The van der Waals surface area contributed by atoms with Gasteiger partial charge in [0.05, 0.1) is 13.2 Å². The molecule has 0 atom stereocenters. The molecule has 0 aromatic carbocycles. The Hall–Kier alpha value is -0.0800. The van der Waals surface area contributed by atoms with Crippen molar-refractivity contribution < 1.29 is 9.47 Å². The lowest BCUT2D eigenvalue weighted by atomic mass is 9.69. The summed E-state index contributed by atoms with van der Waals surface area (Å²) in [5, 5.41) is 0. The van der Waals surface area contributed by atoms with E-state index in [-0.39, 0.29) is 10.8 Å². The Morgan fingerprint density at radius 2 is 1.00 bits per heavy atom. The fraction of sp³-hybridized carbons (Fsp3) is 1.00. The van der Waals surface area contributed by atoms with Gasteiger partial charge in [-0.25, -0.2) is 0 Å². The highest BCUT2D eigenvalue weighted by atomic mass is 16.5. The average Bonchev–Trinajstić information content (AvgIpc) is 2.11. The number of ether oxygens (including phenoxy) is 2. The zero-order valence-electron chi connectivity index (χ0n) is 10.6. The van der Waals surface area contributed by atoms with Crippen LogP contribution in [0.25, 0.3) is 0 Å². The van der Waals surface area contributed by atoms with E-state index in [9.17, 15) is 0 Å². The Morgan fingerprint density at radius 3 is 1.21 bits per heavy atom. The number of rotatable bonds is 7. The van der Waals surface area contributed by atoms with E-state index in [1.165, 1.54) is 0 Å². The second-order valence-corrected chi connectivity index (χ2v) is 5.04. The van der Waals surface area contributed by atoms with E-state index in [1.54, 1.807) is 0 Å². The molecule has 2 heteroatoms. The van der Waals surface area contributed by atoms with Crippen LogP contribution in [0.15, 0.2) is 0 Å². The van der Waals surface area contributed by atoms with E-state index in [4.69, 9.17) is 9.47 Å². The van der Waals surface area contributed by atoms with Gasteiger partial charge < -0.3 is 9.47 Å². The van der Waals surface area contributed by atoms with Gasteiger partial charge in [-0.3, -0.25) is 0 Å². The molecule has 0 fully saturated rings. The quantitative estimate of drug-likeness (QED) is 0.631. The summed E-state index contributed by atoms with van der Waals surface area (Å²) < 4.78 is 11.0. The van der Waals surface area contributed by atoms with Crippen molar-refractivity contribution in [1.82, 2.24) is 0 Å². The van der Waals surface area contributed by atoms with Crippen molar-refractivity contribution in [2.24, 2.45) is 10.8 Å². The SMILES string of the molecule is CCOCC(C)(C)C(C)(C)COCC. The second kappa shape index (κ2) is 5.72. The second-order valence-electron chi connectivity index (χ2n) is 5.04. The predicted molar refractivity (Wildman–Crippen MR) is 60.5 cm³/mol. The van der Waals surface area contributed by atoms with Gasteiger partial charge in [0, 0.05) is 13.2 Å². The molecule has 0 aliphatic heterocycles. The molecule has 0 aromatic heterocycles. The van der Waals surface area contributed by atoms with Crippen LogP contribution in [0, 0.1) is 10.8 Å². The van der Waals surface area contributed by atoms with Crippen molar-refractivity contribution in [1.29, 1.82) is 0 Å². The molecule has 0 saturated heterocycles. The molecule has 0 N–H and O–H groups in total. The van der Waals surface area contributed by atoms with E-state index in [0.29, 0.717) is 0 Å². The van der Waals surface area contributed by atoms with E-state index in [0.717, 1.165) is 26.4 Å². The lowest BCUT2D eigenvalue weighted by molar-refractivity contribution is -0.0513. The summed E-state index contributed by atoms with van der Waals surface area (Å²) in [4.78, 5) is 0. The summed E-state index contributed by atoms with van der Waals surface area (Å²) in [5.74, 6) is 0. The van der Waals surface area contributed by atoms with Gasteiger partial charge >= 0.3 is 0 Å². The third-order valence-corrected chi connectivity index (χ3v) is 3.17. The van der Waals surface area contributed by atoms with Gasteiger partial charge in [0.2, 0.25) is 0 Å². The summed E-state index contributed by atoms with van der Waals surface area (Å²) in [7, 11) is 0. The first-order chi connectivity index (χ1) is 6.37. The van der Waals surface area contributed by atoms with Crippen LogP contribution >= 0.6 is 0 Å². The van der Waals surface area contributed by atoms with Crippen LogP contribution in [0.1, 0.15) is 41.5 Å². The van der Waals surface area contributed by atoms with Crippen molar-refractivity contribution in [3.63, 3.8) is 0 Å². The first-order valence-corrected chi connectivity index (χ1v) is 5.53. The van der Waals surface area contributed by atoms with Crippen molar-refractivity contribution in [3.8, 4) is 0 Å². The molecule has 0 aliphatic rings. The zero-order valence-corrected chi connectivity index (χ0v) is 10.6. The van der Waals surface area contributed by atoms with Crippen molar-refractivity contribution >= 4 is 0 Å². The Kier molecular flexibility index (Phi) is 5.68. The smallest absolute Gasteiger partial charge is 0.0522 e. The summed E-state index contributed by atoms with van der Waals surface area (Å²) in [5.41, 5.74) is 0.302. The van der Waals surface area contributed by atoms with Crippen molar-refractivity contribution in [2.75, 3.05) is 26.4 Å². The molecule has 86 valence electrons. The Morgan fingerprint density at radius 1 is 0.714 bits per heavy atom. The first kappa shape index (κ1) is 13.9. The lowest BCUT2D eigenvalue weighted by Gasteiger charge is -2.41. The van der Waals surface area contributed by atoms with Crippen molar-refractivity contribution in [2.45, 2.75) is 41.5 Å². The van der Waals surface area contributed by atoms with Crippen LogP contribution in [0.3, 0.4) is 0 Å². The van der Waals surface area contributed by atoms with Crippen LogP contribution in [0.2, 0.25) is 0 Å². The Balaban J connectivity index is 4.20. The summed E-state index contributed by atoms with van der Waals surface area (Å²) in [6.45, 7) is 16.2. The molecule has 0 aromatic rings. The van der Waals surface area contributed by atoms with Crippen LogP contribution in [0.5, 0.6) is 0 Å². The minimum Gasteiger partial charge on any atom is -0.381 e. The van der Waals surface area contributed by atoms with Gasteiger partial charge in [0.15, 0.2) is 0 Å². The maximum absolute atomic E-state index is 5.51. The maximum atomic E-state index is 5.51. The van der Waals surface area contributed by atoms with Crippen LogP contribution in [0.4, 0.5) is 0 Å². The highest BCUT2D eigenvalue weighted by molar-refractivity contribution is 4.85. The molecule has 2 nitrogen and oxygen atoms in total. The third kappa shape index (κ3) is 3.97. The molecule has 0 aliphatic carbocycles. The largest absolute Gasteiger partial charge is 0.381 e. The van der Waals surface area contributed by atoms with Gasteiger partial charge in [0.1, 0.15) is 0 Å². The van der Waals surface area contributed by atoms with Gasteiger partial charge in [0.25, 0.3) is 0 Å². The summed E-state index contributed by atoms with van der Waals surface area (Å²) in [6, 6.07) is 0. The first-order valence-electron chi connectivity index (χ1n) is 5.53. The minimum atomic E-state index is 0.151. The molecule has 0 rings (SSSR count). The number of hydrogen-bond donors (Lipinski definition) is 0. The Labute approximate surface area is 89.0 Å². The topological polar surface area (TPSA) is 18.5 Å². The Bertz CT molecular complexity index is 132. The fourth-order valence-corrected chi connectivity index (χ4v) is 1.11. The predicted octanol–water partition coefficient (Wildman–Crippen LogP) is 3.11. The normalized spacial score (nSPS) is 13.3. The standard InChI is InChI=1S/C12H26O2/c1-7-13-9-11(3,4)12(5,6)10-14-8-2/h7-10H2,1-6H3. The molecule has 0 bridgehead atoms. The van der Waals surface area contributed by atoms with Gasteiger partial charge in [-0.05, 0) is 24.7 Å². The van der Waals surface area contributed by atoms with Crippen LogP contribution in [-0.2, 0) is 9.47 Å². The monoisotopic (exact) mass is 202 g/mol. The molecule has 0 radical (unpaired) electrons. The summed E-state index contributed by atoms with van der Waals surface area (Å²) >= 11 is 0. The van der Waals surface area contributed by atoms with E-state index >= 15 is 0 Å².